The fourth-order valence-electron chi connectivity index (χ4n) is 4.58. The van der Waals surface area contributed by atoms with Gasteiger partial charge in [0.1, 0.15) is 0 Å². The molecule has 1 unspecified atom stereocenters. The Kier molecular flexibility index (Phi) is 5.23. The molecule has 1 saturated heterocycles. The number of fused-ring (bicyclic) bond motifs is 3. The van der Waals surface area contributed by atoms with Gasteiger partial charge in [-0.3, -0.25) is 0 Å². The fourth-order valence-corrected chi connectivity index (χ4v) is 5.89. The summed E-state index contributed by atoms with van der Waals surface area (Å²) in [7, 11) is 0. The van der Waals surface area contributed by atoms with Gasteiger partial charge in [0.25, 0.3) is 5.92 Å². The van der Waals surface area contributed by atoms with E-state index in [4.69, 9.17) is 0 Å². The van der Waals surface area contributed by atoms with Gasteiger partial charge in [-0.2, -0.15) is 0 Å². The van der Waals surface area contributed by atoms with E-state index in [2.05, 4.69) is 76.4 Å². The number of piperidine rings is 1. The van der Waals surface area contributed by atoms with Crippen LogP contribution in [0.15, 0.2) is 59.6 Å². The summed E-state index contributed by atoms with van der Waals surface area (Å²) in [5.41, 5.74) is 5.22. The molecule has 0 spiro atoms. The molecular formula is C24H27F2N3S. The molecule has 5 rings (SSSR count). The predicted molar refractivity (Wildman–Crippen MR) is 120 cm³/mol. The third-order valence-corrected chi connectivity index (χ3v) is 7.52. The lowest BCUT2D eigenvalue weighted by atomic mass is 10.1. The summed E-state index contributed by atoms with van der Waals surface area (Å²) in [6.07, 6.45) is 3.23. The van der Waals surface area contributed by atoms with E-state index in [-0.39, 0.29) is 18.3 Å². The van der Waals surface area contributed by atoms with Crippen molar-refractivity contribution in [3.8, 4) is 0 Å². The molecule has 0 bridgehead atoms. The number of alkyl halides is 2. The van der Waals surface area contributed by atoms with Crippen LogP contribution in [0.3, 0.4) is 0 Å². The van der Waals surface area contributed by atoms with Crippen LogP contribution in [0.2, 0.25) is 0 Å². The largest absolute Gasteiger partial charge is 0.340 e. The van der Waals surface area contributed by atoms with E-state index >= 15 is 0 Å². The summed E-state index contributed by atoms with van der Waals surface area (Å²) in [6.45, 7) is 4.92. The number of benzene rings is 2. The van der Waals surface area contributed by atoms with Crippen LogP contribution in [0.4, 0.5) is 14.5 Å². The molecule has 3 heterocycles. The number of halogens is 2. The Morgan fingerprint density at radius 1 is 1.03 bits per heavy atom. The average Bonchev–Trinajstić information content (AvgIpc) is 3.26. The fraction of sp³-hybridized carbons (Fsp3) is 0.417. The van der Waals surface area contributed by atoms with Crippen LogP contribution < -0.4 is 4.90 Å². The van der Waals surface area contributed by atoms with Gasteiger partial charge in [-0.25, -0.2) is 8.78 Å². The van der Waals surface area contributed by atoms with E-state index in [0.717, 1.165) is 19.5 Å². The molecule has 3 aliphatic rings. The van der Waals surface area contributed by atoms with Crippen LogP contribution in [0.1, 0.15) is 30.4 Å². The maximum Gasteiger partial charge on any atom is 0.250 e. The molecule has 3 aliphatic heterocycles. The Bertz CT molecular complexity index is 951. The Labute approximate surface area is 181 Å². The number of likely N-dealkylation sites (tertiary alicyclic amines) is 1. The molecule has 0 N–H and O–H groups in total. The number of hydrogen-bond acceptors (Lipinski definition) is 4. The highest BCUT2D eigenvalue weighted by Gasteiger charge is 2.40. The zero-order valence-corrected chi connectivity index (χ0v) is 18.0. The van der Waals surface area contributed by atoms with Crippen molar-refractivity contribution in [2.45, 2.75) is 42.5 Å². The lowest BCUT2D eigenvalue weighted by molar-refractivity contribution is -0.0552. The van der Waals surface area contributed by atoms with E-state index < -0.39 is 5.92 Å². The highest BCUT2D eigenvalue weighted by atomic mass is 32.2. The maximum absolute atomic E-state index is 13.4. The van der Waals surface area contributed by atoms with Crippen molar-refractivity contribution >= 4 is 23.1 Å². The second-order valence-electron chi connectivity index (χ2n) is 8.45. The predicted octanol–water partition coefficient (Wildman–Crippen LogP) is 5.63. The highest BCUT2D eigenvalue weighted by Crippen LogP contribution is 2.50. The zero-order chi connectivity index (χ0) is 20.7. The Morgan fingerprint density at radius 3 is 2.63 bits per heavy atom. The van der Waals surface area contributed by atoms with Crippen LogP contribution >= 0.6 is 11.8 Å². The molecule has 0 saturated carbocycles. The first-order chi connectivity index (χ1) is 14.5. The van der Waals surface area contributed by atoms with Gasteiger partial charge in [-0.05, 0) is 43.7 Å². The summed E-state index contributed by atoms with van der Waals surface area (Å²) in [5, 5.41) is 0. The quantitative estimate of drug-likeness (QED) is 0.612. The van der Waals surface area contributed by atoms with Gasteiger partial charge < -0.3 is 14.7 Å². The number of para-hydroxylation sites is 1. The number of thioether (sulfide) groups is 1. The molecule has 1 fully saturated rings. The first kappa shape index (κ1) is 19.9. The summed E-state index contributed by atoms with van der Waals surface area (Å²) in [5.74, 6) is -2.47. The first-order valence-electron chi connectivity index (χ1n) is 10.7. The van der Waals surface area contributed by atoms with Gasteiger partial charge in [0, 0.05) is 43.6 Å². The maximum atomic E-state index is 13.4. The molecule has 3 nitrogen and oxygen atoms in total. The van der Waals surface area contributed by atoms with Crippen LogP contribution in [-0.4, -0.2) is 47.4 Å². The molecule has 30 heavy (non-hydrogen) atoms. The lowest BCUT2D eigenvalue weighted by Crippen LogP contribution is -2.41. The monoisotopic (exact) mass is 427 g/mol. The summed E-state index contributed by atoms with van der Waals surface area (Å²) in [6, 6.07) is 17.2. The number of hydrogen-bond donors (Lipinski definition) is 0. The van der Waals surface area contributed by atoms with Crippen molar-refractivity contribution in [3.05, 3.63) is 65.9 Å². The molecular weight excluding hydrogens is 400 g/mol. The van der Waals surface area contributed by atoms with Crippen molar-refractivity contribution in [2.24, 2.45) is 0 Å². The van der Waals surface area contributed by atoms with E-state index in [1.54, 1.807) is 0 Å². The van der Waals surface area contributed by atoms with Crippen LogP contribution in [0, 0.1) is 6.92 Å². The normalized spacial score (nSPS) is 22.8. The van der Waals surface area contributed by atoms with E-state index in [9.17, 15) is 8.78 Å². The van der Waals surface area contributed by atoms with E-state index in [1.807, 2.05) is 11.8 Å². The first-order valence-corrected chi connectivity index (χ1v) is 11.6. The van der Waals surface area contributed by atoms with Crippen molar-refractivity contribution in [3.63, 3.8) is 0 Å². The van der Waals surface area contributed by atoms with Crippen molar-refractivity contribution < 1.29 is 8.78 Å². The van der Waals surface area contributed by atoms with E-state index in [1.165, 1.54) is 27.4 Å². The molecule has 1 atom stereocenters. The third-order valence-electron chi connectivity index (χ3n) is 6.23. The van der Waals surface area contributed by atoms with E-state index in [0.29, 0.717) is 13.1 Å². The summed E-state index contributed by atoms with van der Waals surface area (Å²) >= 11 is 1.89. The number of aryl methyl sites for hydroxylation is 1. The minimum absolute atomic E-state index is 0.00722. The minimum Gasteiger partial charge on any atom is -0.340 e. The van der Waals surface area contributed by atoms with Crippen LogP contribution in [0.5, 0.6) is 0 Å². The highest BCUT2D eigenvalue weighted by molar-refractivity contribution is 8.00. The Morgan fingerprint density at radius 2 is 1.83 bits per heavy atom. The van der Waals surface area contributed by atoms with Crippen LogP contribution in [0.25, 0.3) is 5.70 Å². The van der Waals surface area contributed by atoms with Crippen molar-refractivity contribution in [1.82, 2.24) is 9.80 Å². The SMILES string of the molecule is Cc1cccc(C2=CN3c4ccccc4SC3N2CCCN2CCC(F)(F)CC2)c1. The standard InChI is InChI=1S/C24H27F2N3S/c1-18-6-4-7-19(16-18)21-17-29-20-8-2-3-9-22(20)30-23(29)28(21)13-5-12-27-14-10-24(25,26)11-15-27/h2-4,6-9,16-17,23H,5,10-15H2,1H3. The topological polar surface area (TPSA) is 9.72 Å². The number of rotatable bonds is 5. The third kappa shape index (κ3) is 3.83. The average molecular weight is 428 g/mol. The number of nitrogens with zero attached hydrogens (tertiary/aromatic N) is 3. The van der Waals surface area contributed by atoms with Gasteiger partial charge in [-0.15, -0.1) is 0 Å². The number of anilines is 1. The summed E-state index contributed by atoms with van der Waals surface area (Å²) < 4.78 is 26.9. The zero-order valence-electron chi connectivity index (χ0n) is 17.2. The second-order valence-corrected chi connectivity index (χ2v) is 9.54. The minimum atomic E-state index is -2.47. The molecule has 6 heteroatoms. The second kappa shape index (κ2) is 7.89. The van der Waals surface area contributed by atoms with Gasteiger partial charge in [0.2, 0.25) is 0 Å². The van der Waals surface area contributed by atoms with Gasteiger partial charge in [0.15, 0.2) is 5.50 Å². The molecule has 2 aromatic carbocycles. The van der Waals surface area contributed by atoms with Crippen molar-refractivity contribution in [1.29, 1.82) is 0 Å². The smallest absolute Gasteiger partial charge is 0.250 e. The molecule has 0 radical (unpaired) electrons. The van der Waals surface area contributed by atoms with Gasteiger partial charge >= 0.3 is 0 Å². The Hall–Kier alpha value is -2.05. The molecule has 0 aliphatic carbocycles. The molecule has 158 valence electrons. The van der Waals surface area contributed by atoms with Gasteiger partial charge in [-0.1, -0.05) is 47.7 Å². The van der Waals surface area contributed by atoms with Crippen molar-refractivity contribution in [2.75, 3.05) is 31.1 Å². The molecule has 0 aromatic heterocycles. The Balaban J connectivity index is 1.33. The van der Waals surface area contributed by atoms with Gasteiger partial charge in [0.05, 0.1) is 11.4 Å². The van der Waals surface area contributed by atoms with Crippen LogP contribution in [-0.2, 0) is 0 Å². The lowest BCUT2D eigenvalue weighted by Gasteiger charge is -2.33. The summed E-state index contributed by atoms with van der Waals surface area (Å²) in [4.78, 5) is 8.36. The molecule has 2 aromatic rings. The molecule has 0 amide bonds.